The van der Waals surface area contributed by atoms with Crippen LogP contribution in [0.1, 0.15) is 26.6 Å². The number of aliphatic hydroxyl groups is 1. The van der Waals surface area contributed by atoms with Crippen LogP contribution in [0.4, 0.5) is 13.2 Å². The number of alkyl halides is 3. The Bertz CT molecular complexity index is 355. The van der Waals surface area contributed by atoms with E-state index < -0.39 is 24.2 Å². The molecule has 0 aliphatic heterocycles. The van der Waals surface area contributed by atoms with Crippen LogP contribution in [0, 0.1) is 0 Å². The topological polar surface area (TPSA) is 63.8 Å². The second kappa shape index (κ2) is 4.00. The molecule has 0 aliphatic rings. The third-order valence-electron chi connectivity index (χ3n) is 1.93. The number of aromatic nitrogens is 4. The zero-order valence-electron chi connectivity index (χ0n) is 9.15. The van der Waals surface area contributed by atoms with Gasteiger partial charge in [-0.05, 0) is 10.4 Å². The Morgan fingerprint density at radius 1 is 1.31 bits per heavy atom. The summed E-state index contributed by atoms with van der Waals surface area (Å²) in [4.78, 5) is 0. The highest BCUT2D eigenvalue weighted by molar-refractivity contribution is 4.98. The van der Waals surface area contributed by atoms with Crippen molar-refractivity contribution in [1.29, 1.82) is 0 Å². The highest BCUT2D eigenvalue weighted by Gasteiger charge is 2.39. The lowest BCUT2D eigenvalue weighted by Gasteiger charge is -2.19. The summed E-state index contributed by atoms with van der Waals surface area (Å²) in [5.41, 5.74) is -0.477. The molecule has 0 unspecified atom stereocenters. The highest BCUT2D eigenvalue weighted by atomic mass is 19.4. The Balaban J connectivity index is 2.87. The lowest BCUT2D eigenvalue weighted by molar-refractivity contribution is -0.208. The maximum absolute atomic E-state index is 12.1. The van der Waals surface area contributed by atoms with Gasteiger partial charge in [0.2, 0.25) is 0 Å². The van der Waals surface area contributed by atoms with Crippen molar-refractivity contribution in [2.75, 3.05) is 0 Å². The largest absolute Gasteiger partial charge is 0.416 e. The van der Waals surface area contributed by atoms with Crippen molar-refractivity contribution in [3.8, 4) is 0 Å². The van der Waals surface area contributed by atoms with Gasteiger partial charge in [0.15, 0.2) is 11.9 Å². The van der Waals surface area contributed by atoms with Crippen LogP contribution in [0.2, 0.25) is 0 Å². The molecular formula is C8H13F3N4O. The summed E-state index contributed by atoms with van der Waals surface area (Å²) in [7, 11) is 0. The van der Waals surface area contributed by atoms with Crippen molar-refractivity contribution < 1.29 is 18.3 Å². The molecule has 16 heavy (non-hydrogen) atoms. The van der Waals surface area contributed by atoms with Crippen molar-refractivity contribution >= 4 is 0 Å². The van der Waals surface area contributed by atoms with Gasteiger partial charge in [0.1, 0.15) is 0 Å². The Morgan fingerprint density at radius 2 is 1.88 bits per heavy atom. The van der Waals surface area contributed by atoms with Crippen LogP contribution in [0.3, 0.4) is 0 Å². The number of nitrogens with zero attached hydrogens (tertiary/aromatic N) is 4. The zero-order valence-corrected chi connectivity index (χ0v) is 9.15. The first kappa shape index (κ1) is 12.9. The number of halogens is 3. The van der Waals surface area contributed by atoms with Crippen LogP contribution in [0.5, 0.6) is 0 Å². The predicted molar refractivity (Wildman–Crippen MR) is 48.6 cm³/mol. The Morgan fingerprint density at radius 3 is 2.31 bits per heavy atom. The molecule has 1 aromatic heterocycles. The van der Waals surface area contributed by atoms with E-state index in [1.165, 1.54) is 0 Å². The summed E-state index contributed by atoms with van der Waals surface area (Å²) in [6, 6.07) is 0. The van der Waals surface area contributed by atoms with E-state index in [-0.39, 0.29) is 0 Å². The number of hydrogen-bond acceptors (Lipinski definition) is 4. The van der Waals surface area contributed by atoms with Crippen LogP contribution in [0.15, 0.2) is 0 Å². The average Bonchev–Trinajstić information content (AvgIpc) is 2.49. The molecule has 1 N–H and O–H groups in total. The molecule has 0 aromatic carbocycles. The summed E-state index contributed by atoms with van der Waals surface area (Å²) >= 11 is 0. The fraction of sp³-hybridized carbons (Fsp3) is 0.875. The zero-order chi connectivity index (χ0) is 12.6. The fourth-order valence-electron chi connectivity index (χ4n) is 1.13. The standard InChI is InChI=1S/C8H13F3N4O/c1-7(2,3)6-12-13-14-15(6)4-5(16)8(9,10)11/h5,16H,4H2,1-3H3/t5-/m0/s1. The van der Waals surface area contributed by atoms with Gasteiger partial charge in [-0.2, -0.15) is 13.2 Å². The van der Waals surface area contributed by atoms with E-state index in [1.807, 2.05) is 0 Å². The quantitative estimate of drug-likeness (QED) is 0.831. The maximum Gasteiger partial charge on any atom is 0.416 e. The smallest absolute Gasteiger partial charge is 0.382 e. The third kappa shape index (κ3) is 2.91. The first-order valence-corrected chi connectivity index (χ1v) is 4.64. The fourth-order valence-corrected chi connectivity index (χ4v) is 1.13. The highest BCUT2D eigenvalue weighted by Crippen LogP contribution is 2.23. The average molecular weight is 238 g/mol. The van der Waals surface area contributed by atoms with Gasteiger partial charge in [-0.1, -0.05) is 20.8 Å². The maximum atomic E-state index is 12.1. The normalized spacial score (nSPS) is 15.2. The lowest BCUT2D eigenvalue weighted by Crippen LogP contribution is -2.35. The second-order valence-electron chi connectivity index (χ2n) is 4.49. The van der Waals surface area contributed by atoms with E-state index in [4.69, 9.17) is 5.11 Å². The minimum atomic E-state index is -4.67. The molecule has 1 atom stereocenters. The molecule has 0 saturated carbocycles. The van der Waals surface area contributed by atoms with Gasteiger partial charge in [-0.3, -0.25) is 0 Å². The van der Waals surface area contributed by atoms with Gasteiger partial charge < -0.3 is 5.11 Å². The molecule has 5 nitrogen and oxygen atoms in total. The van der Waals surface area contributed by atoms with Crippen LogP contribution >= 0.6 is 0 Å². The molecule has 0 amide bonds. The SMILES string of the molecule is CC(C)(C)c1nnnn1C[C@H](O)C(F)(F)F. The molecule has 0 aliphatic carbocycles. The Labute approximate surface area is 90.3 Å². The van der Waals surface area contributed by atoms with Crippen LogP contribution in [-0.4, -0.2) is 37.6 Å². The molecule has 0 spiro atoms. The van der Waals surface area contributed by atoms with E-state index in [0.29, 0.717) is 5.82 Å². The molecule has 0 saturated heterocycles. The van der Waals surface area contributed by atoms with Crippen molar-refractivity contribution in [2.45, 2.75) is 45.0 Å². The molecule has 92 valence electrons. The number of aliphatic hydroxyl groups excluding tert-OH is 1. The van der Waals surface area contributed by atoms with Gasteiger partial charge >= 0.3 is 6.18 Å². The Kier molecular flexibility index (Phi) is 3.22. The Hall–Kier alpha value is -1.18. The van der Waals surface area contributed by atoms with Gasteiger partial charge in [0, 0.05) is 5.41 Å². The van der Waals surface area contributed by atoms with Gasteiger partial charge in [0.05, 0.1) is 6.54 Å². The molecule has 1 heterocycles. The minimum Gasteiger partial charge on any atom is -0.382 e. The molecule has 0 bridgehead atoms. The third-order valence-corrected chi connectivity index (χ3v) is 1.93. The van der Waals surface area contributed by atoms with Crippen LogP contribution in [-0.2, 0) is 12.0 Å². The lowest BCUT2D eigenvalue weighted by atomic mass is 9.96. The molecular weight excluding hydrogens is 225 g/mol. The van der Waals surface area contributed by atoms with E-state index in [9.17, 15) is 13.2 Å². The van der Waals surface area contributed by atoms with Crippen LogP contribution < -0.4 is 0 Å². The minimum absolute atomic E-state index is 0.302. The summed E-state index contributed by atoms with van der Waals surface area (Å²) in [6.07, 6.45) is -7.13. The first-order chi connectivity index (χ1) is 7.12. The van der Waals surface area contributed by atoms with E-state index >= 15 is 0 Å². The predicted octanol–water partition coefficient (Wildman–Crippen LogP) is 0.894. The van der Waals surface area contributed by atoms with Crippen molar-refractivity contribution in [3.05, 3.63) is 5.82 Å². The van der Waals surface area contributed by atoms with Gasteiger partial charge in [0.25, 0.3) is 0 Å². The van der Waals surface area contributed by atoms with E-state index in [1.54, 1.807) is 20.8 Å². The number of rotatable bonds is 2. The molecule has 1 rings (SSSR count). The summed E-state index contributed by atoms with van der Waals surface area (Å²) in [5, 5.41) is 19.3. The number of tetrazole rings is 1. The van der Waals surface area contributed by atoms with Crippen LogP contribution in [0.25, 0.3) is 0 Å². The van der Waals surface area contributed by atoms with Crippen molar-refractivity contribution in [2.24, 2.45) is 0 Å². The molecule has 1 aromatic rings. The van der Waals surface area contributed by atoms with E-state index in [2.05, 4.69) is 15.5 Å². The van der Waals surface area contributed by atoms with Crippen molar-refractivity contribution in [3.63, 3.8) is 0 Å². The van der Waals surface area contributed by atoms with Gasteiger partial charge in [-0.15, -0.1) is 5.10 Å². The van der Waals surface area contributed by atoms with E-state index in [0.717, 1.165) is 4.68 Å². The van der Waals surface area contributed by atoms with Crippen molar-refractivity contribution in [1.82, 2.24) is 20.2 Å². The monoisotopic (exact) mass is 238 g/mol. The first-order valence-electron chi connectivity index (χ1n) is 4.64. The molecule has 8 heteroatoms. The molecule has 0 fully saturated rings. The summed E-state index contributed by atoms with van der Waals surface area (Å²) < 4.78 is 37.4. The molecule has 0 radical (unpaired) electrons. The summed E-state index contributed by atoms with van der Waals surface area (Å²) in [6.45, 7) is 4.63. The summed E-state index contributed by atoms with van der Waals surface area (Å²) in [5.74, 6) is 0.302. The number of hydrogen-bond donors (Lipinski definition) is 1. The second-order valence-corrected chi connectivity index (χ2v) is 4.49. The van der Waals surface area contributed by atoms with Gasteiger partial charge in [-0.25, -0.2) is 4.68 Å².